The highest BCUT2D eigenvalue weighted by atomic mass is 32.2. The lowest BCUT2D eigenvalue weighted by molar-refractivity contribution is 0.352. The summed E-state index contributed by atoms with van der Waals surface area (Å²) in [7, 11) is 1.40. The maximum atomic E-state index is 14.0. The Labute approximate surface area is 224 Å². The highest BCUT2D eigenvalue weighted by molar-refractivity contribution is 7.80. The van der Waals surface area contributed by atoms with Gasteiger partial charge in [-0.1, -0.05) is 12.1 Å². The van der Waals surface area contributed by atoms with Crippen molar-refractivity contribution in [1.82, 2.24) is 4.98 Å². The maximum absolute atomic E-state index is 14.0. The van der Waals surface area contributed by atoms with E-state index in [-0.39, 0.29) is 10.5 Å². The largest absolute Gasteiger partial charge is 0.496 e. The van der Waals surface area contributed by atoms with Crippen LogP contribution in [0.25, 0.3) is 33.2 Å². The van der Waals surface area contributed by atoms with Gasteiger partial charge in [-0.25, -0.2) is 26.2 Å². The number of pyridine rings is 1. The number of rotatable bonds is 6. The Morgan fingerprint density at radius 1 is 0.700 bits per heavy atom. The van der Waals surface area contributed by atoms with E-state index in [1.54, 1.807) is 18.2 Å². The lowest BCUT2D eigenvalue weighted by Crippen LogP contribution is -2.09. The van der Waals surface area contributed by atoms with Crippen molar-refractivity contribution in [2.45, 2.75) is 4.90 Å². The van der Waals surface area contributed by atoms with Crippen molar-refractivity contribution in [1.29, 1.82) is 0 Å². The number of hydrogen-bond donors (Lipinski definition) is 0. The first-order valence-corrected chi connectivity index (χ1v) is 12.3. The van der Waals surface area contributed by atoms with Gasteiger partial charge in [0.2, 0.25) is 45.9 Å². The fourth-order valence-electron chi connectivity index (χ4n) is 4.04. The Kier molecular flexibility index (Phi) is 7.19. The van der Waals surface area contributed by atoms with Crippen LogP contribution >= 0.6 is 0 Å². The van der Waals surface area contributed by atoms with Crippen LogP contribution < -0.4 is 8.92 Å². The predicted molar refractivity (Wildman–Crippen MR) is 132 cm³/mol. The minimum Gasteiger partial charge on any atom is -0.496 e. The summed E-state index contributed by atoms with van der Waals surface area (Å²) in [4.78, 5) is 4.25. The van der Waals surface area contributed by atoms with Crippen molar-refractivity contribution in [3.05, 3.63) is 108 Å². The number of methoxy groups -OCH3 is 1. The molecule has 4 nitrogen and oxygen atoms in total. The molecule has 0 saturated carbocycles. The molecule has 0 radical (unpaired) electrons. The van der Waals surface area contributed by atoms with Gasteiger partial charge in [-0.05, 0) is 59.0 Å². The van der Waals surface area contributed by atoms with Crippen molar-refractivity contribution in [3.63, 3.8) is 0 Å². The maximum Gasteiger partial charge on any atom is 0.240 e. The van der Waals surface area contributed by atoms with Crippen LogP contribution in [0, 0.1) is 40.7 Å². The lowest BCUT2D eigenvalue weighted by atomic mass is 9.99. The first-order valence-electron chi connectivity index (χ1n) is 11.2. The van der Waals surface area contributed by atoms with Gasteiger partial charge in [-0.3, -0.25) is 4.98 Å². The van der Waals surface area contributed by atoms with E-state index in [0.29, 0.717) is 33.3 Å². The second-order valence-electron chi connectivity index (χ2n) is 8.33. The molecule has 0 bridgehead atoms. The van der Waals surface area contributed by atoms with Crippen molar-refractivity contribution >= 4 is 21.9 Å². The molecule has 1 aromatic heterocycles. The fourth-order valence-corrected chi connectivity index (χ4v) is 4.84. The molecule has 0 aliphatic rings. The molecule has 1 atom stereocenters. The molecule has 4 aromatic carbocycles. The Balaban J connectivity index is 1.52. The second kappa shape index (κ2) is 10.6. The van der Waals surface area contributed by atoms with E-state index in [2.05, 4.69) is 9.17 Å². The molecule has 0 saturated heterocycles. The van der Waals surface area contributed by atoms with Crippen LogP contribution in [-0.4, -0.2) is 16.3 Å². The van der Waals surface area contributed by atoms with Gasteiger partial charge in [0, 0.05) is 23.2 Å². The number of aromatic nitrogens is 1. The third-order valence-corrected chi connectivity index (χ3v) is 6.87. The standard InChI is InChI=1S/C28H14F7NO3S/c1-38-21-11-13(15-8-16(29)12-17(30)9-15)2-4-20(21)27-19-5-3-18(10-14(19)6-7-36-27)40(37)39-28-25(34)23(32)22(31)24(33)26(28)35/h2-12H,1H3. The third-order valence-electron chi connectivity index (χ3n) is 5.91. The molecule has 0 aliphatic carbocycles. The van der Waals surface area contributed by atoms with Crippen LogP contribution in [0.3, 0.4) is 0 Å². The molecule has 1 heterocycles. The van der Waals surface area contributed by atoms with Crippen molar-refractivity contribution in [2.75, 3.05) is 7.11 Å². The lowest BCUT2D eigenvalue weighted by Gasteiger charge is -2.13. The molecule has 40 heavy (non-hydrogen) atoms. The van der Waals surface area contributed by atoms with Crippen molar-refractivity contribution in [3.8, 4) is 33.9 Å². The van der Waals surface area contributed by atoms with Crippen LogP contribution in [0.2, 0.25) is 0 Å². The molecular formula is C28H14F7NO3S. The van der Waals surface area contributed by atoms with Gasteiger partial charge in [0.1, 0.15) is 17.4 Å². The van der Waals surface area contributed by atoms with E-state index in [1.807, 2.05) is 0 Å². The minimum absolute atomic E-state index is 0.135. The van der Waals surface area contributed by atoms with E-state index in [1.165, 1.54) is 49.7 Å². The first-order chi connectivity index (χ1) is 19.1. The Bertz CT molecular complexity index is 1780. The average molecular weight is 577 g/mol. The zero-order valence-corrected chi connectivity index (χ0v) is 20.9. The summed E-state index contributed by atoms with van der Waals surface area (Å²) in [5, 5.41) is 0.956. The molecule has 204 valence electrons. The number of ether oxygens (including phenoxy) is 1. The van der Waals surface area contributed by atoms with E-state index in [9.17, 15) is 34.9 Å². The van der Waals surface area contributed by atoms with Gasteiger partial charge in [0.15, 0.2) is 0 Å². The number of nitrogens with zero attached hydrogens (tertiary/aromatic N) is 1. The number of halogens is 7. The fraction of sp³-hybridized carbons (Fsp3) is 0.0357. The Morgan fingerprint density at radius 2 is 1.35 bits per heavy atom. The summed E-state index contributed by atoms with van der Waals surface area (Å²) in [6.07, 6.45) is 1.42. The van der Waals surface area contributed by atoms with Gasteiger partial charge in [-0.2, -0.15) is 8.78 Å². The van der Waals surface area contributed by atoms with Crippen molar-refractivity contribution in [2.24, 2.45) is 0 Å². The Morgan fingerprint density at radius 3 is 2.00 bits per heavy atom. The molecule has 0 aliphatic heterocycles. The van der Waals surface area contributed by atoms with Crippen LogP contribution in [0.15, 0.2) is 71.8 Å². The highest BCUT2D eigenvalue weighted by Gasteiger charge is 2.29. The summed E-state index contributed by atoms with van der Waals surface area (Å²) in [5.74, 6) is -14.2. The highest BCUT2D eigenvalue weighted by Crippen LogP contribution is 2.37. The van der Waals surface area contributed by atoms with E-state index in [0.717, 1.165) is 6.07 Å². The van der Waals surface area contributed by atoms with E-state index >= 15 is 0 Å². The SMILES string of the molecule is COc1cc(-c2cc(F)cc(F)c2)ccc1-c1nccc2cc(S(=O)Oc3c(F)c(F)c(F)c(F)c3F)ccc12. The smallest absolute Gasteiger partial charge is 0.240 e. The number of hydrogen-bond acceptors (Lipinski definition) is 4. The summed E-state index contributed by atoms with van der Waals surface area (Å²) >= 11 is -2.66. The summed E-state index contributed by atoms with van der Waals surface area (Å²) in [6, 6.07) is 13.5. The zero-order chi connectivity index (χ0) is 28.7. The minimum atomic E-state index is -2.66. The van der Waals surface area contributed by atoms with E-state index in [4.69, 9.17) is 4.74 Å². The molecule has 0 N–H and O–H groups in total. The van der Waals surface area contributed by atoms with Crippen LogP contribution in [0.4, 0.5) is 30.7 Å². The number of benzene rings is 4. The molecule has 5 aromatic rings. The third kappa shape index (κ3) is 4.86. The predicted octanol–water partition coefficient (Wildman–Crippen LogP) is 7.65. The normalized spacial score (nSPS) is 12.0. The zero-order valence-electron chi connectivity index (χ0n) is 20.1. The van der Waals surface area contributed by atoms with Crippen LogP contribution in [0.5, 0.6) is 11.5 Å². The monoisotopic (exact) mass is 577 g/mol. The quantitative estimate of drug-likeness (QED) is 0.118. The average Bonchev–Trinajstić information content (AvgIpc) is 2.95. The first kappa shape index (κ1) is 27.1. The second-order valence-corrected chi connectivity index (χ2v) is 9.44. The summed E-state index contributed by atoms with van der Waals surface area (Å²) in [5.41, 5.74) is 1.67. The van der Waals surface area contributed by atoms with Gasteiger partial charge in [0.05, 0.1) is 17.7 Å². The van der Waals surface area contributed by atoms with Crippen molar-refractivity contribution < 1.29 is 43.9 Å². The Hall–Kier alpha value is -4.45. The molecule has 5 rings (SSSR count). The molecule has 1 unspecified atom stereocenters. The number of fused-ring (bicyclic) bond motifs is 1. The molecule has 12 heteroatoms. The molecule has 0 spiro atoms. The topological polar surface area (TPSA) is 48.4 Å². The molecular weight excluding hydrogens is 563 g/mol. The van der Waals surface area contributed by atoms with Crippen LogP contribution in [0.1, 0.15) is 0 Å². The van der Waals surface area contributed by atoms with Gasteiger partial charge in [-0.15, -0.1) is 0 Å². The molecule has 0 fully saturated rings. The summed E-state index contributed by atoms with van der Waals surface area (Å²) in [6.45, 7) is 0. The van der Waals surface area contributed by atoms with Gasteiger partial charge < -0.3 is 8.92 Å². The summed E-state index contributed by atoms with van der Waals surface area (Å²) < 4.78 is 119. The van der Waals surface area contributed by atoms with Gasteiger partial charge in [0.25, 0.3) is 0 Å². The molecule has 0 amide bonds. The van der Waals surface area contributed by atoms with Gasteiger partial charge >= 0.3 is 0 Å². The van der Waals surface area contributed by atoms with E-state index < -0.39 is 57.6 Å². The van der Waals surface area contributed by atoms with Crippen LogP contribution in [-0.2, 0) is 11.1 Å².